The lowest BCUT2D eigenvalue weighted by Gasteiger charge is -2.17. The summed E-state index contributed by atoms with van der Waals surface area (Å²) in [5.41, 5.74) is 2.48. The van der Waals surface area contributed by atoms with Crippen molar-refractivity contribution < 1.29 is 9.32 Å². The van der Waals surface area contributed by atoms with Crippen LogP contribution in [0.15, 0.2) is 40.9 Å². The molecule has 0 unspecified atom stereocenters. The molecule has 0 saturated carbocycles. The SMILES string of the molecule is Cc1nc(Nc2cc(C)on2)cc(C(=O)N2CCc3ccccc32)n1. The highest BCUT2D eigenvalue weighted by molar-refractivity contribution is 6.06. The second-order valence-corrected chi connectivity index (χ2v) is 5.97. The topological polar surface area (TPSA) is 84.2 Å². The van der Waals surface area contributed by atoms with Crippen molar-refractivity contribution in [2.45, 2.75) is 20.3 Å². The summed E-state index contributed by atoms with van der Waals surface area (Å²) >= 11 is 0. The first kappa shape index (κ1) is 15.3. The fraction of sp³-hybridized carbons (Fsp3) is 0.222. The van der Waals surface area contributed by atoms with Crippen LogP contribution in [0.2, 0.25) is 0 Å². The highest BCUT2D eigenvalue weighted by atomic mass is 16.5. The molecule has 2 aromatic heterocycles. The minimum atomic E-state index is -0.130. The van der Waals surface area contributed by atoms with E-state index in [1.807, 2.05) is 31.2 Å². The number of aryl methyl sites for hydroxylation is 2. The van der Waals surface area contributed by atoms with Crippen molar-refractivity contribution >= 4 is 23.2 Å². The smallest absolute Gasteiger partial charge is 0.277 e. The van der Waals surface area contributed by atoms with E-state index < -0.39 is 0 Å². The Labute approximate surface area is 144 Å². The number of nitrogens with zero attached hydrogens (tertiary/aromatic N) is 4. The third kappa shape index (κ3) is 2.96. The van der Waals surface area contributed by atoms with Gasteiger partial charge in [-0.05, 0) is 31.9 Å². The summed E-state index contributed by atoms with van der Waals surface area (Å²) in [5, 5.41) is 6.92. The maximum atomic E-state index is 12.9. The number of benzene rings is 1. The summed E-state index contributed by atoms with van der Waals surface area (Å²) in [5.74, 6) is 2.13. The second kappa shape index (κ2) is 6.01. The molecule has 0 saturated heterocycles. The summed E-state index contributed by atoms with van der Waals surface area (Å²) in [7, 11) is 0. The third-order valence-electron chi connectivity index (χ3n) is 4.07. The molecule has 25 heavy (non-hydrogen) atoms. The number of amides is 1. The monoisotopic (exact) mass is 335 g/mol. The molecule has 3 aromatic rings. The number of carbonyl (C=O) groups is 1. The Morgan fingerprint density at radius 1 is 1.16 bits per heavy atom. The number of aromatic nitrogens is 3. The van der Waals surface area contributed by atoms with Crippen molar-refractivity contribution in [1.29, 1.82) is 0 Å². The maximum Gasteiger partial charge on any atom is 0.277 e. The van der Waals surface area contributed by atoms with Gasteiger partial charge in [0.15, 0.2) is 5.82 Å². The lowest BCUT2D eigenvalue weighted by molar-refractivity contribution is 0.0984. The molecule has 1 N–H and O–H groups in total. The van der Waals surface area contributed by atoms with Gasteiger partial charge < -0.3 is 14.7 Å². The van der Waals surface area contributed by atoms with Crippen LogP contribution in [-0.2, 0) is 6.42 Å². The Bertz CT molecular complexity index is 950. The van der Waals surface area contributed by atoms with Gasteiger partial charge >= 0.3 is 0 Å². The third-order valence-corrected chi connectivity index (χ3v) is 4.07. The molecule has 0 aliphatic carbocycles. The van der Waals surface area contributed by atoms with E-state index in [0.717, 1.165) is 12.1 Å². The molecule has 0 radical (unpaired) electrons. The molecule has 1 aliphatic rings. The van der Waals surface area contributed by atoms with E-state index >= 15 is 0 Å². The van der Waals surface area contributed by atoms with E-state index in [1.165, 1.54) is 5.56 Å². The normalized spacial score (nSPS) is 13.0. The van der Waals surface area contributed by atoms with Crippen molar-refractivity contribution in [3.63, 3.8) is 0 Å². The van der Waals surface area contributed by atoms with Crippen LogP contribution < -0.4 is 10.2 Å². The number of hydrogen-bond acceptors (Lipinski definition) is 6. The maximum absolute atomic E-state index is 12.9. The zero-order valence-corrected chi connectivity index (χ0v) is 14.0. The first-order chi connectivity index (χ1) is 12.1. The van der Waals surface area contributed by atoms with Crippen LogP contribution in [0.25, 0.3) is 0 Å². The van der Waals surface area contributed by atoms with Gasteiger partial charge in [0.1, 0.15) is 23.1 Å². The van der Waals surface area contributed by atoms with Gasteiger partial charge in [-0.2, -0.15) is 0 Å². The van der Waals surface area contributed by atoms with Crippen molar-refractivity contribution in [2.75, 3.05) is 16.8 Å². The van der Waals surface area contributed by atoms with Gasteiger partial charge in [0.25, 0.3) is 5.91 Å². The number of anilines is 3. The number of nitrogens with one attached hydrogen (secondary N) is 1. The summed E-state index contributed by atoms with van der Waals surface area (Å²) in [6.45, 7) is 4.23. The fourth-order valence-electron chi connectivity index (χ4n) is 2.99. The predicted molar refractivity (Wildman–Crippen MR) is 93.1 cm³/mol. The molecular formula is C18H17N5O2. The van der Waals surface area contributed by atoms with Crippen LogP contribution >= 0.6 is 0 Å². The first-order valence-corrected chi connectivity index (χ1v) is 8.06. The molecule has 0 atom stereocenters. The Morgan fingerprint density at radius 3 is 2.80 bits per heavy atom. The van der Waals surface area contributed by atoms with Gasteiger partial charge in [-0.1, -0.05) is 23.4 Å². The fourth-order valence-corrected chi connectivity index (χ4v) is 2.99. The van der Waals surface area contributed by atoms with Crippen LogP contribution in [0, 0.1) is 13.8 Å². The van der Waals surface area contributed by atoms with Crippen molar-refractivity contribution in [2.24, 2.45) is 0 Å². The quantitative estimate of drug-likeness (QED) is 0.792. The number of fused-ring (bicyclic) bond motifs is 1. The predicted octanol–water partition coefficient (Wildman–Crippen LogP) is 3.03. The molecule has 126 valence electrons. The Hall–Kier alpha value is -3.22. The van der Waals surface area contributed by atoms with Crippen LogP contribution in [-0.4, -0.2) is 27.6 Å². The van der Waals surface area contributed by atoms with Crippen LogP contribution in [0.3, 0.4) is 0 Å². The number of carbonyl (C=O) groups excluding carboxylic acids is 1. The van der Waals surface area contributed by atoms with Gasteiger partial charge in [0.05, 0.1) is 0 Å². The van der Waals surface area contributed by atoms with Gasteiger partial charge in [0, 0.05) is 24.4 Å². The Balaban J connectivity index is 1.63. The van der Waals surface area contributed by atoms with E-state index in [9.17, 15) is 4.79 Å². The highest BCUT2D eigenvalue weighted by Crippen LogP contribution is 2.29. The molecule has 1 aliphatic heterocycles. The van der Waals surface area contributed by atoms with Crippen molar-refractivity contribution in [3.8, 4) is 0 Å². The van der Waals surface area contributed by atoms with E-state index in [1.54, 1.807) is 24.0 Å². The average Bonchev–Trinajstić information content (AvgIpc) is 3.20. The molecule has 0 spiro atoms. The molecular weight excluding hydrogens is 318 g/mol. The minimum absolute atomic E-state index is 0.130. The van der Waals surface area contributed by atoms with Crippen LogP contribution in [0.1, 0.15) is 27.6 Å². The number of rotatable bonds is 3. The first-order valence-electron chi connectivity index (χ1n) is 8.06. The summed E-state index contributed by atoms with van der Waals surface area (Å²) in [6, 6.07) is 11.3. The van der Waals surface area contributed by atoms with Gasteiger partial charge in [-0.15, -0.1) is 0 Å². The molecule has 1 aromatic carbocycles. The lowest BCUT2D eigenvalue weighted by Crippen LogP contribution is -2.30. The van der Waals surface area contributed by atoms with Crippen LogP contribution in [0.4, 0.5) is 17.3 Å². The van der Waals surface area contributed by atoms with E-state index in [0.29, 0.717) is 35.5 Å². The zero-order chi connectivity index (χ0) is 17.4. The Kier molecular flexibility index (Phi) is 3.68. The van der Waals surface area contributed by atoms with E-state index in [4.69, 9.17) is 4.52 Å². The highest BCUT2D eigenvalue weighted by Gasteiger charge is 2.26. The van der Waals surface area contributed by atoms with Crippen molar-refractivity contribution in [3.05, 3.63) is 59.2 Å². The van der Waals surface area contributed by atoms with E-state index in [-0.39, 0.29) is 5.91 Å². The molecule has 0 bridgehead atoms. The van der Waals surface area contributed by atoms with Gasteiger partial charge in [-0.25, -0.2) is 9.97 Å². The summed E-state index contributed by atoms with van der Waals surface area (Å²) in [6.07, 6.45) is 0.856. The standard InChI is InChI=1S/C18H17N5O2/c1-11-9-17(22-25-11)21-16-10-14(19-12(2)20-16)18(24)23-8-7-13-5-3-4-6-15(13)23/h3-6,9-10H,7-8H2,1-2H3,(H,19,20,21,22). The molecule has 7 heteroatoms. The second-order valence-electron chi connectivity index (χ2n) is 5.97. The summed E-state index contributed by atoms with van der Waals surface area (Å²) in [4.78, 5) is 23.3. The largest absolute Gasteiger partial charge is 0.360 e. The number of hydrogen-bond donors (Lipinski definition) is 1. The molecule has 0 fully saturated rings. The Morgan fingerprint density at radius 2 is 2.00 bits per heavy atom. The van der Waals surface area contributed by atoms with Crippen molar-refractivity contribution in [1.82, 2.24) is 15.1 Å². The lowest BCUT2D eigenvalue weighted by atomic mass is 10.2. The van der Waals surface area contributed by atoms with E-state index in [2.05, 4.69) is 20.4 Å². The summed E-state index contributed by atoms with van der Waals surface area (Å²) < 4.78 is 5.03. The molecule has 4 rings (SSSR count). The molecule has 3 heterocycles. The average molecular weight is 335 g/mol. The van der Waals surface area contributed by atoms with Gasteiger partial charge in [0.2, 0.25) is 0 Å². The zero-order valence-electron chi connectivity index (χ0n) is 14.0. The number of para-hydroxylation sites is 1. The minimum Gasteiger partial charge on any atom is -0.360 e. The van der Waals surface area contributed by atoms with Gasteiger partial charge in [-0.3, -0.25) is 4.79 Å². The molecule has 7 nitrogen and oxygen atoms in total. The van der Waals surface area contributed by atoms with Crippen LogP contribution in [0.5, 0.6) is 0 Å². The molecule has 1 amide bonds.